The Morgan fingerprint density at radius 3 is 2.75 bits per heavy atom. The molecule has 0 amide bonds. The van der Waals surface area contributed by atoms with Crippen molar-refractivity contribution in [2.45, 2.75) is 39.3 Å². The van der Waals surface area contributed by atoms with E-state index in [4.69, 9.17) is 0 Å². The van der Waals surface area contributed by atoms with Crippen LogP contribution in [-0.4, -0.2) is 11.1 Å². The fourth-order valence-electron chi connectivity index (χ4n) is 3.96. The molecule has 1 aliphatic rings. The Hall–Kier alpha value is -2.13. The molecule has 0 fully saturated rings. The Bertz CT molecular complexity index is 877. The molecule has 2 heterocycles. The number of halogens is 1. The molecule has 0 saturated carbocycles. The summed E-state index contributed by atoms with van der Waals surface area (Å²) >= 11 is 0. The Kier molecular flexibility index (Phi) is 3.89. The molecule has 4 rings (SSSR count). The van der Waals surface area contributed by atoms with Crippen LogP contribution in [0.4, 0.5) is 4.39 Å². The van der Waals surface area contributed by atoms with Gasteiger partial charge in [-0.1, -0.05) is 23.8 Å². The number of aromatic nitrogens is 1. The number of nitrogens with zero attached hydrogens (tertiary/aromatic N) is 1. The van der Waals surface area contributed by atoms with Crippen molar-refractivity contribution >= 4 is 10.9 Å². The van der Waals surface area contributed by atoms with Gasteiger partial charge in [-0.05, 0) is 55.7 Å². The van der Waals surface area contributed by atoms with Crippen LogP contribution in [0.1, 0.15) is 35.3 Å². The molecule has 2 aromatic carbocycles. The fourth-order valence-corrected chi connectivity index (χ4v) is 3.96. The van der Waals surface area contributed by atoms with Gasteiger partial charge < -0.3 is 9.88 Å². The summed E-state index contributed by atoms with van der Waals surface area (Å²) in [7, 11) is 0. The van der Waals surface area contributed by atoms with Gasteiger partial charge in [0.25, 0.3) is 0 Å². The van der Waals surface area contributed by atoms with Gasteiger partial charge in [0.1, 0.15) is 5.82 Å². The van der Waals surface area contributed by atoms with Gasteiger partial charge in [0.2, 0.25) is 0 Å². The minimum Gasteiger partial charge on any atom is -0.344 e. The van der Waals surface area contributed by atoms with Crippen LogP contribution in [0.3, 0.4) is 0 Å². The van der Waals surface area contributed by atoms with E-state index in [1.807, 2.05) is 12.1 Å². The summed E-state index contributed by atoms with van der Waals surface area (Å²) in [6.07, 6.45) is 1.99. The van der Waals surface area contributed by atoms with Crippen LogP contribution in [0.25, 0.3) is 10.9 Å². The maximum Gasteiger partial charge on any atom is 0.123 e. The summed E-state index contributed by atoms with van der Waals surface area (Å²) in [5.74, 6) is -0.169. The molecule has 3 heteroatoms. The maximum absolute atomic E-state index is 13.1. The van der Waals surface area contributed by atoms with Gasteiger partial charge >= 0.3 is 0 Å². The topological polar surface area (TPSA) is 17.0 Å². The highest BCUT2D eigenvalue weighted by Gasteiger charge is 2.24. The Morgan fingerprint density at radius 2 is 1.96 bits per heavy atom. The SMILES string of the molecule is Cc1ccc2c(c1)c1c(n2CCc2ccc(F)cc2)CCNC1C. The third-order valence-corrected chi connectivity index (χ3v) is 5.15. The minimum atomic E-state index is -0.169. The number of hydrogen-bond donors (Lipinski definition) is 1. The summed E-state index contributed by atoms with van der Waals surface area (Å²) in [5.41, 5.74) is 6.73. The van der Waals surface area contributed by atoms with E-state index < -0.39 is 0 Å². The maximum atomic E-state index is 13.1. The number of rotatable bonds is 3. The lowest BCUT2D eigenvalue weighted by Crippen LogP contribution is -2.28. The van der Waals surface area contributed by atoms with E-state index in [-0.39, 0.29) is 5.82 Å². The van der Waals surface area contributed by atoms with Gasteiger partial charge in [-0.25, -0.2) is 4.39 Å². The van der Waals surface area contributed by atoms with Gasteiger partial charge in [-0.3, -0.25) is 0 Å². The zero-order valence-electron chi connectivity index (χ0n) is 14.3. The molecule has 124 valence electrons. The van der Waals surface area contributed by atoms with Crippen LogP contribution in [0, 0.1) is 12.7 Å². The lowest BCUT2D eigenvalue weighted by molar-refractivity contribution is 0.521. The minimum absolute atomic E-state index is 0.169. The molecule has 3 aromatic rings. The number of fused-ring (bicyclic) bond motifs is 3. The third-order valence-electron chi connectivity index (χ3n) is 5.15. The van der Waals surface area contributed by atoms with E-state index in [0.29, 0.717) is 6.04 Å². The number of benzene rings is 2. The van der Waals surface area contributed by atoms with Crippen LogP contribution in [0.15, 0.2) is 42.5 Å². The van der Waals surface area contributed by atoms with E-state index in [0.717, 1.165) is 25.9 Å². The van der Waals surface area contributed by atoms with Crippen LogP contribution < -0.4 is 5.32 Å². The summed E-state index contributed by atoms with van der Waals surface area (Å²) in [4.78, 5) is 0. The zero-order chi connectivity index (χ0) is 16.7. The van der Waals surface area contributed by atoms with Gasteiger partial charge in [0.05, 0.1) is 0 Å². The normalized spacial score (nSPS) is 17.2. The summed E-state index contributed by atoms with van der Waals surface area (Å²) in [6, 6.07) is 14.0. The molecule has 1 unspecified atom stereocenters. The molecule has 0 aliphatic carbocycles. The highest BCUT2D eigenvalue weighted by Crippen LogP contribution is 2.34. The molecular weight excluding hydrogens is 299 g/mol. The van der Waals surface area contributed by atoms with E-state index in [1.54, 1.807) is 12.1 Å². The number of aryl methyl sites for hydroxylation is 3. The predicted molar refractivity (Wildman–Crippen MR) is 96.9 cm³/mol. The quantitative estimate of drug-likeness (QED) is 0.749. The van der Waals surface area contributed by atoms with Crippen molar-refractivity contribution in [1.82, 2.24) is 9.88 Å². The summed E-state index contributed by atoms with van der Waals surface area (Å²) in [6.45, 7) is 6.37. The monoisotopic (exact) mass is 322 g/mol. The number of nitrogens with one attached hydrogen (secondary N) is 1. The van der Waals surface area contributed by atoms with E-state index in [1.165, 1.54) is 33.3 Å². The molecule has 2 nitrogen and oxygen atoms in total. The van der Waals surface area contributed by atoms with Crippen LogP contribution in [0.2, 0.25) is 0 Å². The molecule has 1 atom stereocenters. The lowest BCUT2D eigenvalue weighted by Gasteiger charge is -2.23. The Balaban J connectivity index is 1.75. The highest BCUT2D eigenvalue weighted by atomic mass is 19.1. The zero-order valence-corrected chi connectivity index (χ0v) is 14.3. The second-order valence-corrected chi connectivity index (χ2v) is 6.83. The molecule has 0 saturated heterocycles. The Labute approximate surface area is 142 Å². The van der Waals surface area contributed by atoms with E-state index in [2.05, 4.69) is 41.9 Å². The fraction of sp³-hybridized carbons (Fsp3) is 0.333. The second-order valence-electron chi connectivity index (χ2n) is 6.83. The largest absolute Gasteiger partial charge is 0.344 e. The van der Waals surface area contributed by atoms with Crippen molar-refractivity contribution in [2.24, 2.45) is 0 Å². The molecule has 1 N–H and O–H groups in total. The third kappa shape index (κ3) is 2.63. The van der Waals surface area contributed by atoms with Gasteiger partial charge in [0.15, 0.2) is 0 Å². The van der Waals surface area contributed by atoms with E-state index >= 15 is 0 Å². The molecule has 0 radical (unpaired) electrons. The van der Waals surface area contributed by atoms with E-state index in [9.17, 15) is 4.39 Å². The number of hydrogen-bond acceptors (Lipinski definition) is 1. The van der Waals surface area contributed by atoms with Crippen LogP contribution in [-0.2, 0) is 19.4 Å². The molecule has 1 aromatic heterocycles. The molecular formula is C21H23FN2. The van der Waals surface area contributed by atoms with Crippen molar-refractivity contribution in [1.29, 1.82) is 0 Å². The Morgan fingerprint density at radius 1 is 1.17 bits per heavy atom. The molecule has 0 bridgehead atoms. The van der Waals surface area contributed by atoms with Crippen molar-refractivity contribution < 1.29 is 4.39 Å². The summed E-state index contributed by atoms with van der Waals surface area (Å²) < 4.78 is 15.6. The molecule has 0 spiro atoms. The molecule has 24 heavy (non-hydrogen) atoms. The smallest absolute Gasteiger partial charge is 0.123 e. The van der Waals surface area contributed by atoms with Crippen molar-refractivity contribution in [3.05, 3.63) is 70.7 Å². The van der Waals surface area contributed by atoms with Gasteiger partial charge in [-0.15, -0.1) is 0 Å². The lowest BCUT2D eigenvalue weighted by atomic mass is 9.98. The average Bonchev–Trinajstić information content (AvgIpc) is 2.88. The second kappa shape index (κ2) is 6.06. The van der Waals surface area contributed by atoms with Gasteiger partial charge in [0, 0.05) is 42.1 Å². The summed E-state index contributed by atoms with van der Waals surface area (Å²) in [5, 5.41) is 4.97. The first-order valence-corrected chi connectivity index (χ1v) is 8.73. The van der Waals surface area contributed by atoms with Gasteiger partial charge in [-0.2, -0.15) is 0 Å². The average molecular weight is 322 g/mol. The highest BCUT2D eigenvalue weighted by molar-refractivity contribution is 5.87. The van der Waals surface area contributed by atoms with Crippen molar-refractivity contribution in [3.8, 4) is 0 Å². The van der Waals surface area contributed by atoms with Crippen molar-refractivity contribution in [3.63, 3.8) is 0 Å². The van der Waals surface area contributed by atoms with Crippen LogP contribution in [0.5, 0.6) is 0 Å². The van der Waals surface area contributed by atoms with Crippen molar-refractivity contribution in [2.75, 3.05) is 6.54 Å². The first-order valence-electron chi connectivity index (χ1n) is 8.73. The molecule has 1 aliphatic heterocycles. The van der Waals surface area contributed by atoms with Crippen LogP contribution >= 0.6 is 0 Å². The first kappa shape index (κ1) is 15.4. The predicted octanol–water partition coefficient (Wildman–Crippen LogP) is 4.54. The standard InChI is InChI=1S/C21H23FN2/c1-14-3-8-19-18(13-14)21-15(2)23-11-9-20(21)24(19)12-10-16-4-6-17(22)7-5-16/h3-8,13,15,23H,9-12H2,1-2H3. The first-order chi connectivity index (χ1) is 11.6.